The molecule has 6 heteroatoms. The molecule has 0 aliphatic heterocycles. The van der Waals surface area contributed by atoms with E-state index in [9.17, 15) is 14.3 Å². The van der Waals surface area contributed by atoms with Gasteiger partial charge in [0.2, 0.25) is 5.95 Å². The van der Waals surface area contributed by atoms with Crippen LogP contribution in [0.15, 0.2) is 36.5 Å². The summed E-state index contributed by atoms with van der Waals surface area (Å²) in [6.07, 6.45) is 3.89. The smallest absolute Gasteiger partial charge is 0.223 e. The summed E-state index contributed by atoms with van der Waals surface area (Å²) < 4.78 is 13.9. The fraction of sp³-hybridized carbons (Fsp3) is 0.312. The van der Waals surface area contributed by atoms with E-state index in [1.165, 1.54) is 12.3 Å². The van der Waals surface area contributed by atoms with E-state index in [-0.39, 0.29) is 17.7 Å². The van der Waals surface area contributed by atoms with Crippen LogP contribution in [0.25, 0.3) is 0 Å². The minimum Gasteiger partial charge on any atom is -0.394 e. The molecule has 1 aliphatic carbocycles. The van der Waals surface area contributed by atoms with Crippen LogP contribution in [-0.2, 0) is 4.79 Å². The van der Waals surface area contributed by atoms with Crippen LogP contribution in [0.1, 0.15) is 30.0 Å². The first-order valence-corrected chi connectivity index (χ1v) is 7.09. The first-order chi connectivity index (χ1) is 10.7. The molecular weight excluding hydrogens is 285 g/mol. The minimum atomic E-state index is -0.783. The molecule has 0 bridgehead atoms. The molecule has 0 radical (unpaired) electrons. The highest BCUT2D eigenvalue weighted by molar-refractivity contribution is 5.67. The number of aliphatic hydroxyl groups excluding tert-OH is 1. The quantitative estimate of drug-likeness (QED) is 0.797. The van der Waals surface area contributed by atoms with Gasteiger partial charge in [0.1, 0.15) is 12.1 Å². The Morgan fingerprint density at radius 3 is 2.77 bits per heavy atom. The van der Waals surface area contributed by atoms with Gasteiger partial charge in [-0.3, -0.25) is 0 Å². The second kappa shape index (κ2) is 5.81. The van der Waals surface area contributed by atoms with Gasteiger partial charge >= 0.3 is 0 Å². The third-order valence-electron chi connectivity index (χ3n) is 3.91. The Balaban J connectivity index is 1.90. The molecular formula is C16H16FN3O2. The van der Waals surface area contributed by atoms with Gasteiger partial charge < -0.3 is 15.2 Å². The monoisotopic (exact) mass is 301 g/mol. The van der Waals surface area contributed by atoms with Gasteiger partial charge in [-0.1, -0.05) is 18.2 Å². The second-order valence-corrected chi connectivity index (χ2v) is 5.50. The molecule has 1 aromatic carbocycles. The zero-order valence-corrected chi connectivity index (χ0v) is 11.9. The lowest BCUT2D eigenvalue weighted by Crippen LogP contribution is -2.27. The van der Waals surface area contributed by atoms with E-state index in [1.807, 2.05) is 0 Å². The number of aromatic nitrogens is 2. The third kappa shape index (κ3) is 2.82. The van der Waals surface area contributed by atoms with E-state index in [4.69, 9.17) is 0 Å². The number of rotatable bonds is 6. The average Bonchev–Trinajstić information content (AvgIpc) is 3.30. The highest BCUT2D eigenvalue weighted by Gasteiger charge is 2.42. The summed E-state index contributed by atoms with van der Waals surface area (Å²) in [5, 5.41) is 12.4. The van der Waals surface area contributed by atoms with Gasteiger partial charge in [0, 0.05) is 11.8 Å². The van der Waals surface area contributed by atoms with Gasteiger partial charge in [-0.25, -0.2) is 14.4 Å². The zero-order chi connectivity index (χ0) is 15.6. The van der Waals surface area contributed by atoms with Crippen molar-refractivity contribution in [2.45, 2.75) is 24.3 Å². The Morgan fingerprint density at radius 1 is 1.36 bits per heavy atom. The van der Waals surface area contributed by atoms with Crippen molar-refractivity contribution in [2.24, 2.45) is 0 Å². The van der Waals surface area contributed by atoms with Crippen molar-refractivity contribution in [3.63, 3.8) is 0 Å². The fourth-order valence-corrected chi connectivity index (χ4v) is 2.35. The molecule has 22 heavy (non-hydrogen) atoms. The number of nitrogens with one attached hydrogen (secondary N) is 1. The first-order valence-electron chi connectivity index (χ1n) is 7.09. The van der Waals surface area contributed by atoms with Crippen LogP contribution in [0.5, 0.6) is 0 Å². The lowest BCUT2D eigenvalue weighted by molar-refractivity contribution is -0.108. The summed E-state index contributed by atoms with van der Waals surface area (Å²) in [6.45, 7) is 0.00497. The predicted molar refractivity (Wildman–Crippen MR) is 79.0 cm³/mol. The molecule has 1 aromatic heterocycles. The maximum atomic E-state index is 13.9. The van der Waals surface area contributed by atoms with Crippen LogP contribution in [0, 0.1) is 5.82 Å². The molecule has 0 amide bonds. The van der Waals surface area contributed by atoms with E-state index in [1.54, 1.807) is 24.3 Å². The van der Waals surface area contributed by atoms with Crippen LogP contribution in [0.3, 0.4) is 0 Å². The average molecular weight is 301 g/mol. The van der Waals surface area contributed by atoms with Crippen molar-refractivity contribution >= 4 is 12.2 Å². The summed E-state index contributed by atoms with van der Waals surface area (Å²) in [6, 6.07) is 7.73. The number of halogens is 1. The second-order valence-electron chi connectivity index (χ2n) is 5.50. The molecule has 5 nitrogen and oxygen atoms in total. The van der Waals surface area contributed by atoms with Gasteiger partial charge in [-0.2, -0.15) is 0 Å². The fourth-order valence-electron chi connectivity index (χ4n) is 2.35. The molecule has 1 atom stereocenters. The van der Waals surface area contributed by atoms with Crippen molar-refractivity contribution < 1.29 is 14.3 Å². The van der Waals surface area contributed by atoms with E-state index in [0.717, 1.165) is 12.8 Å². The maximum absolute atomic E-state index is 13.9. The lowest BCUT2D eigenvalue weighted by Gasteiger charge is -2.16. The van der Waals surface area contributed by atoms with Crippen molar-refractivity contribution in [3.05, 3.63) is 53.6 Å². The maximum Gasteiger partial charge on any atom is 0.223 e. The Bertz CT molecular complexity index is 689. The molecule has 1 fully saturated rings. The number of aliphatic hydroxyl groups is 1. The summed E-state index contributed by atoms with van der Waals surface area (Å²) >= 11 is 0. The molecule has 1 heterocycles. The molecule has 114 valence electrons. The normalized spacial score (nSPS) is 16.8. The summed E-state index contributed by atoms with van der Waals surface area (Å²) in [5.74, 6) is -0.886. The van der Waals surface area contributed by atoms with E-state index < -0.39 is 11.7 Å². The van der Waals surface area contributed by atoms with Gasteiger partial charge in [0.15, 0.2) is 0 Å². The topological polar surface area (TPSA) is 75.1 Å². The van der Waals surface area contributed by atoms with Crippen molar-refractivity contribution in [3.8, 4) is 0 Å². The van der Waals surface area contributed by atoms with Gasteiger partial charge in [-0.05, 0) is 25.0 Å². The highest BCUT2D eigenvalue weighted by Crippen LogP contribution is 2.37. The molecule has 2 aromatic rings. The number of carbonyl (C=O) groups is 1. The molecule has 1 unspecified atom stereocenters. The molecule has 1 saturated carbocycles. The van der Waals surface area contributed by atoms with Gasteiger partial charge in [0.25, 0.3) is 0 Å². The largest absolute Gasteiger partial charge is 0.394 e. The number of anilines is 1. The van der Waals surface area contributed by atoms with E-state index in [0.29, 0.717) is 17.9 Å². The van der Waals surface area contributed by atoms with Crippen molar-refractivity contribution in [1.29, 1.82) is 0 Å². The zero-order valence-electron chi connectivity index (χ0n) is 11.9. The number of hydrogen-bond donors (Lipinski definition) is 2. The lowest BCUT2D eigenvalue weighted by atomic mass is 9.96. The summed E-state index contributed by atoms with van der Waals surface area (Å²) in [5.41, 5.74) is 0.351. The standard InChI is InChI=1S/C16H16FN3O2/c17-13-4-2-1-3-11(13)12(9-21)14-5-8-18-15(19-14)20-16(10-22)6-7-16/h1-5,8-9,12,22H,6-7,10H2,(H,18,19,20). The Morgan fingerprint density at radius 2 is 2.14 bits per heavy atom. The van der Waals surface area contributed by atoms with E-state index in [2.05, 4.69) is 15.3 Å². The third-order valence-corrected chi connectivity index (χ3v) is 3.91. The van der Waals surface area contributed by atoms with Crippen LogP contribution in [-0.4, -0.2) is 33.5 Å². The molecule has 0 saturated heterocycles. The Hall–Kier alpha value is -2.34. The van der Waals surface area contributed by atoms with Crippen molar-refractivity contribution in [2.75, 3.05) is 11.9 Å². The number of carbonyl (C=O) groups excluding carboxylic acids is 1. The van der Waals surface area contributed by atoms with Gasteiger partial charge in [-0.15, -0.1) is 0 Å². The number of nitrogens with zero attached hydrogens (tertiary/aromatic N) is 2. The molecule has 2 N–H and O–H groups in total. The number of benzene rings is 1. The predicted octanol–water partition coefficient (Wildman–Crippen LogP) is 1.88. The van der Waals surface area contributed by atoms with Crippen LogP contribution >= 0.6 is 0 Å². The SMILES string of the molecule is O=CC(c1ccnc(NC2(CO)CC2)n1)c1ccccc1F. The van der Waals surface area contributed by atoms with Crippen LogP contribution < -0.4 is 5.32 Å². The number of aldehydes is 1. The molecule has 3 rings (SSSR count). The summed E-state index contributed by atoms with van der Waals surface area (Å²) in [7, 11) is 0. The summed E-state index contributed by atoms with van der Waals surface area (Å²) in [4.78, 5) is 19.8. The minimum absolute atomic E-state index is 0.00497. The Kier molecular flexibility index (Phi) is 3.85. The Labute approximate surface area is 127 Å². The van der Waals surface area contributed by atoms with Gasteiger partial charge in [0.05, 0.1) is 23.8 Å². The van der Waals surface area contributed by atoms with Crippen LogP contribution in [0.4, 0.5) is 10.3 Å². The molecule has 0 spiro atoms. The highest BCUT2D eigenvalue weighted by atomic mass is 19.1. The van der Waals surface area contributed by atoms with E-state index >= 15 is 0 Å². The molecule has 1 aliphatic rings. The van der Waals surface area contributed by atoms with Crippen LogP contribution in [0.2, 0.25) is 0 Å². The first kappa shape index (κ1) is 14.6. The number of hydrogen-bond acceptors (Lipinski definition) is 5. The van der Waals surface area contributed by atoms with Crippen molar-refractivity contribution in [1.82, 2.24) is 9.97 Å².